The maximum Gasteiger partial charge on any atom is 0.235 e. The first kappa shape index (κ1) is 13.7. The molecule has 4 nitrogen and oxygen atoms in total. The normalized spacial score (nSPS) is 10.7. The molecule has 0 saturated heterocycles. The van der Waals surface area contributed by atoms with Gasteiger partial charge in [0.05, 0.1) is 4.92 Å². The van der Waals surface area contributed by atoms with Crippen molar-refractivity contribution in [3.05, 3.63) is 81.8 Å². The molecule has 0 amide bonds. The Morgan fingerprint density at radius 1 is 1.15 bits per heavy atom. The van der Waals surface area contributed by atoms with Crippen LogP contribution in [-0.4, -0.2) is 4.92 Å². The Labute approximate surface area is 115 Å². The lowest BCUT2D eigenvalue weighted by Crippen LogP contribution is -1.97. The molecule has 2 aromatic carbocycles. The van der Waals surface area contributed by atoms with Crippen LogP contribution in [0.2, 0.25) is 0 Å². The number of nitrogens with zero attached hydrogens (tertiary/aromatic N) is 1. The molecule has 0 saturated carbocycles. The molecule has 2 aromatic rings. The van der Waals surface area contributed by atoms with Gasteiger partial charge >= 0.3 is 0 Å². The van der Waals surface area contributed by atoms with Gasteiger partial charge in [-0.3, -0.25) is 10.1 Å². The molecule has 102 valence electrons. The van der Waals surface area contributed by atoms with Crippen LogP contribution in [0.5, 0.6) is 5.75 Å². The largest absolute Gasteiger partial charge is 0.488 e. The quantitative estimate of drug-likeness (QED) is 0.617. The van der Waals surface area contributed by atoms with E-state index in [-0.39, 0.29) is 12.4 Å². The van der Waals surface area contributed by atoms with Gasteiger partial charge in [0.2, 0.25) is 6.20 Å². The Hall–Kier alpha value is -2.69. The summed E-state index contributed by atoms with van der Waals surface area (Å²) in [5.74, 6) is 0.234. The molecule has 0 spiro atoms. The average molecular weight is 273 g/mol. The molecule has 0 aliphatic rings. The molecule has 0 unspecified atom stereocenters. The van der Waals surface area contributed by atoms with Crippen LogP contribution in [0.1, 0.15) is 11.1 Å². The highest BCUT2D eigenvalue weighted by Crippen LogP contribution is 2.20. The fourth-order valence-corrected chi connectivity index (χ4v) is 1.63. The Kier molecular flexibility index (Phi) is 4.44. The highest BCUT2D eigenvalue weighted by molar-refractivity contribution is 5.56. The number of para-hydroxylation sites is 1. The van der Waals surface area contributed by atoms with Gasteiger partial charge in [0.1, 0.15) is 18.2 Å². The lowest BCUT2D eigenvalue weighted by Gasteiger charge is -2.08. The summed E-state index contributed by atoms with van der Waals surface area (Å²) in [6.07, 6.45) is 2.24. The fraction of sp³-hybridized carbons (Fsp3) is 0.0667. The number of rotatable bonds is 5. The SMILES string of the molecule is O=[N+]([O-])C=Cc1ccccc1OCc1ccc(F)cc1. The molecule has 0 aliphatic carbocycles. The Balaban J connectivity index is 2.09. The van der Waals surface area contributed by atoms with Crippen molar-refractivity contribution in [3.8, 4) is 5.75 Å². The molecule has 0 aromatic heterocycles. The number of halogens is 1. The van der Waals surface area contributed by atoms with Crippen LogP contribution in [0.4, 0.5) is 4.39 Å². The third kappa shape index (κ3) is 3.91. The van der Waals surface area contributed by atoms with Gasteiger partial charge in [-0.1, -0.05) is 30.3 Å². The van der Waals surface area contributed by atoms with E-state index in [0.717, 1.165) is 11.8 Å². The van der Waals surface area contributed by atoms with Crippen LogP contribution in [0, 0.1) is 15.9 Å². The third-order valence-electron chi connectivity index (χ3n) is 2.60. The molecule has 2 rings (SSSR count). The molecule has 0 N–H and O–H groups in total. The van der Waals surface area contributed by atoms with Gasteiger partial charge in [0, 0.05) is 11.6 Å². The molecule has 0 aliphatic heterocycles. The lowest BCUT2D eigenvalue weighted by atomic mass is 10.2. The second kappa shape index (κ2) is 6.47. The van der Waals surface area contributed by atoms with Crippen molar-refractivity contribution < 1.29 is 14.1 Å². The molecule has 0 atom stereocenters. The summed E-state index contributed by atoms with van der Waals surface area (Å²) in [5, 5.41) is 10.3. The maximum atomic E-state index is 12.8. The van der Waals surface area contributed by atoms with E-state index in [4.69, 9.17) is 4.74 Å². The Morgan fingerprint density at radius 2 is 1.85 bits per heavy atom. The van der Waals surface area contributed by atoms with Gasteiger partial charge in [0.25, 0.3) is 0 Å². The minimum absolute atomic E-state index is 0.267. The molecule has 0 heterocycles. The van der Waals surface area contributed by atoms with Crippen molar-refractivity contribution >= 4 is 6.08 Å². The Bertz CT molecular complexity index is 623. The summed E-state index contributed by atoms with van der Waals surface area (Å²) < 4.78 is 18.4. The Morgan fingerprint density at radius 3 is 2.55 bits per heavy atom. The van der Waals surface area contributed by atoms with E-state index in [0.29, 0.717) is 11.3 Å². The van der Waals surface area contributed by atoms with Crippen LogP contribution in [0.25, 0.3) is 6.08 Å². The summed E-state index contributed by atoms with van der Waals surface area (Å²) in [6.45, 7) is 0.267. The number of nitro groups is 1. The van der Waals surface area contributed by atoms with E-state index in [9.17, 15) is 14.5 Å². The fourth-order valence-electron chi connectivity index (χ4n) is 1.63. The highest BCUT2D eigenvalue weighted by atomic mass is 19.1. The van der Waals surface area contributed by atoms with Crippen molar-refractivity contribution in [1.29, 1.82) is 0 Å². The minimum atomic E-state index is -0.531. The number of ether oxygens (including phenoxy) is 1. The molecule has 5 heteroatoms. The standard InChI is InChI=1S/C15H12FNO3/c16-14-7-5-12(6-8-14)11-20-15-4-2-1-3-13(15)9-10-17(18)19/h1-10H,11H2. The lowest BCUT2D eigenvalue weighted by molar-refractivity contribution is -0.400. The van der Waals surface area contributed by atoms with E-state index in [1.807, 2.05) is 0 Å². The van der Waals surface area contributed by atoms with Crippen LogP contribution in [0.3, 0.4) is 0 Å². The summed E-state index contributed by atoms with van der Waals surface area (Å²) in [7, 11) is 0. The number of hydrogen-bond donors (Lipinski definition) is 0. The van der Waals surface area contributed by atoms with E-state index >= 15 is 0 Å². The first-order valence-corrected chi connectivity index (χ1v) is 5.93. The van der Waals surface area contributed by atoms with Gasteiger partial charge in [-0.15, -0.1) is 0 Å². The first-order chi connectivity index (χ1) is 9.65. The van der Waals surface area contributed by atoms with Gasteiger partial charge < -0.3 is 4.74 Å². The van der Waals surface area contributed by atoms with Crippen molar-refractivity contribution in [2.45, 2.75) is 6.61 Å². The smallest absolute Gasteiger partial charge is 0.235 e. The first-order valence-electron chi connectivity index (χ1n) is 5.93. The molecular weight excluding hydrogens is 261 g/mol. The summed E-state index contributed by atoms with van der Waals surface area (Å²) in [4.78, 5) is 9.81. The van der Waals surface area contributed by atoms with Crippen molar-refractivity contribution in [2.24, 2.45) is 0 Å². The zero-order valence-corrected chi connectivity index (χ0v) is 10.5. The van der Waals surface area contributed by atoms with Gasteiger partial charge in [-0.2, -0.15) is 0 Å². The van der Waals surface area contributed by atoms with E-state index < -0.39 is 4.92 Å². The van der Waals surface area contributed by atoms with Crippen LogP contribution in [-0.2, 0) is 6.61 Å². The average Bonchev–Trinajstić information content (AvgIpc) is 2.45. The van der Waals surface area contributed by atoms with Crippen LogP contribution >= 0.6 is 0 Å². The second-order valence-electron chi connectivity index (χ2n) is 4.05. The number of benzene rings is 2. The van der Waals surface area contributed by atoms with E-state index in [2.05, 4.69) is 0 Å². The van der Waals surface area contributed by atoms with Gasteiger partial charge in [-0.25, -0.2) is 4.39 Å². The molecule has 0 radical (unpaired) electrons. The molecule has 20 heavy (non-hydrogen) atoms. The maximum absolute atomic E-state index is 12.8. The van der Waals surface area contributed by atoms with Gasteiger partial charge in [-0.05, 0) is 23.8 Å². The van der Waals surface area contributed by atoms with Crippen molar-refractivity contribution in [1.82, 2.24) is 0 Å². The van der Waals surface area contributed by atoms with Gasteiger partial charge in [0.15, 0.2) is 0 Å². The van der Waals surface area contributed by atoms with Crippen molar-refractivity contribution in [2.75, 3.05) is 0 Å². The minimum Gasteiger partial charge on any atom is -0.488 e. The highest BCUT2D eigenvalue weighted by Gasteiger charge is 2.02. The summed E-state index contributed by atoms with van der Waals surface area (Å²) >= 11 is 0. The molecular formula is C15H12FNO3. The van der Waals surface area contributed by atoms with E-state index in [1.165, 1.54) is 18.2 Å². The zero-order valence-electron chi connectivity index (χ0n) is 10.5. The van der Waals surface area contributed by atoms with Crippen LogP contribution < -0.4 is 4.74 Å². The third-order valence-corrected chi connectivity index (χ3v) is 2.60. The second-order valence-corrected chi connectivity index (χ2v) is 4.05. The molecule has 0 bridgehead atoms. The zero-order chi connectivity index (χ0) is 14.4. The monoisotopic (exact) mass is 273 g/mol. The van der Waals surface area contributed by atoms with Crippen LogP contribution in [0.15, 0.2) is 54.7 Å². The van der Waals surface area contributed by atoms with Crippen molar-refractivity contribution in [3.63, 3.8) is 0 Å². The molecule has 0 fully saturated rings. The summed E-state index contributed by atoms with van der Waals surface area (Å²) in [6, 6.07) is 13.0. The summed E-state index contributed by atoms with van der Waals surface area (Å²) in [5.41, 5.74) is 1.44. The predicted molar refractivity (Wildman–Crippen MR) is 73.2 cm³/mol. The number of hydrogen-bond acceptors (Lipinski definition) is 3. The topological polar surface area (TPSA) is 52.4 Å². The predicted octanol–water partition coefficient (Wildman–Crippen LogP) is 3.65. The van der Waals surface area contributed by atoms with E-state index in [1.54, 1.807) is 36.4 Å².